The minimum Gasteiger partial charge on any atom is -0.481 e. The van der Waals surface area contributed by atoms with E-state index in [-0.39, 0.29) is 12.5 Å². The van der Waals surface area contributed by atoms with Gasteiger partial charge in [0.15, 0.2) is 0 Å². The van der Waals surface area contributed by atoms with Crippen LogP contribution in [-0.4, -0.2) is 30.2 Å². The summed E-state index contributed by atoms with van der Waals surface area (Å²) >= 11 is 0. The smallest absolute Gasteiger partial charge is 0.308 e. The molecule has 1 aromatic rings. The molecule has 0 aliphatic carbocycles. The molecule has 0 radical (unpaired) electrons. The Labute approximate surface area is 118 Å². The maximum absolute atomic E-state index is 11.8. The molecule has 1 rings (SSSR count). The third-order valence-electron chi connectivity index (χ3n) is 2.95. The molecule has 0 saturated heterocycles. The Bertz CT molecular complexity index is 433. The van der Waals surface area contributed by atoms with E-state index in [0.29, 0.717) is 6.61 Å². The van der Waals surface area contributed by atoms with Crippen molar-refractivity contribution in [1.82, 2.24) is 5.32 Å². The molecule has 5 nitrogen and oxygen atoms in total. The van der Waals surface area contributed by atoms with Crippen LogP contribution in [0.15, 0.2) is 30.3 Å². The minimum absolute atomic E-state index is 0.0521. The minimum atomic E-state index is -0.950. The Hall–Kier alpha value is -1.88. The van der Waals surface area contributed by atoms with Gasteiger partial charge in [-0.3, -0.25) is 9.59 Å². The lowest BCUT2D eigenvalue weighted by atomic mass is 9.94. The lowest BCUT2D eigenvalue weighted by molar-refractivity contribution is -0.142. The highest BCUT2D eigenvalue weighted by Crippen LogP contribution is 2.22. The second-order valence-electron chi connectivity index (χ2n) is 4.64. The molecule has 0 aromatic heterocycles. The second-order valence-corrected chi connectivity index (χ2v) is 4.64. The maximum atomic E-state index is 11.8. The number of carbonyl (C=O) groups excluding carboxylic acids is 1. The Balaban J connectivity index is 2.74. The van der Waals surface area contributed by atoms with Crippen LogP contribution in [0.4, 0.5) is 0 Å². The summed E-state index contributed by atoms with van der Waals surface area (Å²) in [6, 6.07) is 8.52. The predicted octanol–water partition coefficient (Wildman–Crippen LogP) is 1.99. The molecule has 0 bridgehead atoms. The van der Waals surface area contributed by atoms with Gasteiger partial charge in [-0.05, 0) is 18.9 Å². The van der Waals surface area contributed by atoms with Crippen molar-refractivity contribution in [3.8, 4) is 0 Å². The molecule has 110 valence electrons. The van der Waals surface area contributed by atoms with Crippen LogP contribution in [0, 0.1) is 5.92 Å². The molecule has 0 heterocycles. The Morgan fingerprint density at radius 2 is 1.95 bits per heavy atom. The lowest BCUT2D eigenvalue weighted by Gasteiger charge is -2.23. The molecule has 5 heteroatoms. The summed E-state index contributed by atoms with van der Waals surface area (Å²) in [4.78, 5) is 23.0. The molecule has 2 N–H and O–H groups in total. The second kappa shape index (κ2) is 8.32. The Morgan fingerprint density at radius 1 is 1.30 bits per heavy atom. The molecule has 0 spiro atoms. The number of aliphatic carboxylic acids is 1. The number of amides is 1. The number of carbonyl (C=O) groups is 2. The monoisotopic (exact) mass is 279 g/mol. The quantitative estimate of drug-likeness (QED) is 0.714. The largest absolute Gasteiger partial charge is 0.481 e. The fourth-order valence-electron chi connectivity index (χ4n) is 1.82. The first-order chi connectivity index (χ1) is 9.56. The van der Waals surface area contributed by atoms with Crippen LogP contribution in [0.1, 0.15) is 31.9 Å². The molecule has 1 aromatic carbocycles. The van der Waals surface area contributed by atoms with E-state index in [0.717, 1.165) is 12.0 Å². The van der Waals surface area contributed by atoms with Crippen molar-refractivity contribution in [3.63, 3.8) is 0 Å². The van der Waals surface area contributed by atoms with Gasteiger partial charge >= 0.3 is 5.97 Å². The van der Waals surface area contributed by atoms with Gasteiger partial charge < -0.3 is 15.2 Å². The van der Waals surface area contributed by atoms with Crippen LogP contribution in [0.25, 0.3) is 0 Å². The first kappa shape index (κ1) is 16.2. The number of hydrogen-bond donors (Lipinski definition) is 2. The zero-order chi connectivity index (χ0) is 15.0. The van der Waals surface area contributed by atoms with E-state index >= 15 is 0 Å². The number of ether oxygens (including phenoxy) is 1. The number of rotatable bonds is 8. The molecule has 2 atom stereocenters. The van der Waals surface area contributed by atoms with E-state index in [1.54, 1.807) is 19.1 Å². The van der Waals surface area contributed by atoms with E-state index in [2.05, 4.69) is 5.32 Å². The molecule has 1 amide bonds. The number of benzene rings is 1. The van der Waals surface area contributed by atoms with Crippen LogP contribution in [0.5, 0.6) is 0 Å². The summed E-state index contributed by atoms with van der Waals surface area (Å²) in [7, 11) is 0. The van der Waals surface area contributed by atoms with Crippen LogP contribution in [-0.2, 0) is 14.3 Å². The highest BCUT2D eigenvalue weighted by molar-refractivity contribution is 5.79. The average Bonchev–Trinajstić information content (AvgIpc) is 2.45. The third-order valence-corrected chi connectivity index (χ3v) is 2.95. The number of hydrogen-bond acceptors (Lipinski definition) is 3. The van der Waals surface area contributed by atoms with Crippen molar-refractivity contribution in [2.75, 3.05) is 13.2 Å². The van der Waals surface area contributed by atoms with Gasteiger partial charge in [-0.2, -0.15) is 0 Å². The van der Waals surface area contributed by atoms with Crippen molar-refractivity contribution < 1.29 is 19.4 Å². The summed E-state index contributed by atoms with van der Waals surface area (Å²) in [6.45, 7) is 3.99. The third kappa shape index (κ3) is 5.01. The number of carboxylic acids is 1. The van der Waals surface area contributed by atoms with Gasteiger partial charge in [0.1, 0.15) is 6.61 Å². The zero-order valence-electron chi connectivity index (χ0n) is 11.8. The Morgan fingerprint density at radius 3 is 2.50 bits per heavy atom. The summed E-state index contributed by atoms with van der Waals surface area (Å²) in [5.74, 6) is -1.97. The molecule has 0 aliphatic rings. The average molecular weight is 279 g/mol. The van der Waals surface area contributed by atoms with Crippen LogP contribution >= 0.6 is 0 Å². The molecule has 2 unspecified atom stereocenters. The molecule has 0 aliphatic heterocycles. The highest BCUT2D eigenvalue weighted by Gasteiger charge is 2.26. The standard InChI is InChI=1S/C15H21NO4/c1-3-9-20-10-13(17)16-14(11(2)15(18)19)12-7-5-4-6-8-12/h4-8,11,14H,3,9-10H2,1-2H3,(H,16,17)(H,18,19). The lowest BCUT2D eigenvalue weighted by Crippen LogP contribution is -2.37. The topological polar surface area (TPSA) is 75.6 Å². The fourth-order valence-corrected chi connectivity index (χ4v) is 1.82. The van der Waals surface area contributed by atoms with Gasteiger partial charge in [0.05, 0.1) is 12.0 Å². The van der Waals surface area contributed by atoms with E-state index in [1.807, 2.05) is 25.1 Å². The van der Waals surface area contributed by atoms with Gasteiger partial charge in [-0.25, -0.2) is 0 Å². The summed E-state index contributed by atoms with van der Waals surface area (Å²) in [5.41, 5.74) is 0.770. The first-order valence-corrected chi connectivity index (χ1v) is 6.71. The van der Waals surface area contributed by atoms with E-state index in [9.17, 15) is 9.59 Å². The Kier molecular flexibility index (Phi) is 6.73. The normalized spacial score (nSPS) is 13.5. The fraction of sp³-hybridized carbons (Fsp3) is 0.467. The van der Waals surface area contributed by atoms with Crippen LogP contribution < -0.4 is 5.32 Å². The van der Waals surface area contributed by atoms with Gasteiger partial charge in [0.2, 0.25) is 5.91 Å². The van der Waals surface area contributed by atoms with E-state index in [1.165, 1.54) is 0 Å². The van der Waals surface area contributed by atoms with Crippen molar-refractivity contribution in [3.05, 3.63) is 35.9 Å². The van der Waals surface area contributed by atoms with Crippen molar-refractivity contribution in [2.24, 2.45) is 5.92 Å². The van der Waals surface area contributed by atoms with Gasteiger partial charge in [0, 0.05) is 6.61 Å². The SMILES string of the molecule is CCCOCC(=O)NC(c1ccccc1)C(C)C(=O)O. The highest BCUT2D eigenvalue weighted by atomic mass is 16.5. The number of carboxylic acid groups (broad SMARTS) is 1. The van der Waals surface area contributed by atoms with Crippen molar-refractivity contribution in [2.45, 2.75) is 26.3 Å². The summed E-state index contributed by atoms with van der Waals surface area (Å²) < 4.78 is 5.16. The summed E-state index contributed by atoms with van der Waals surface area (Å²) in [6.07, 6.45) is 0.834. The van der Waals surface area contributed by atoms with E-state index in [4.69, 9.17) is 9.84 Å². The van der Waals surface area contributed by atoms with Gasteiger partial charge in [0.25, 0.3) is 0 Å². The van der Waals surface area contributed by atoms with Crippen LogP contribution in [0.2, 0.25) is 0 Å². The summed E-state index contributed by atoms with van der Waals surface area (Å²) in [5, 5.41) is 11.9. The molecular weight excluding hydrogens is 258 g/mol. The molecule has 0 saturated carbocycles. The zero-order valence-corrected chi connectivity index (χ0v) is 11.8. The molecular formula is C15H21NO4. The maximum Gasteiger partial charge on any atom is 0.308 e. The van der Waals surface area contributed by atoms with E-state index < -0.39 is 17.9 Å². The molecule has 0 fully saturated rings. The van der Waals surface area contributed by atoms with Gasteiger partial charge in [-0.1, -0.05) is 37.3 Å². The van der Waals surface area contributed by atoms with Crippen LogP contribution in [0.3, 0.4) is 0 Å². The number of nitrogens with one attached hydrogen (secondary N) is 1. The molecule has 20 heavy (non-hydrogen) atoms. The van der Waals surface area contributed by atoms with Gasteiger partial charge in [-0.15, -0.1) is 0 Å². The first-order valence-electron chi connectivity index (χ1n) is 6.71. The van der Waals surface area contributed by atoms with Crippen molar-refractivity contribution >= 4 is 11.9 Å². The predicted molar refractivity (Wildman–Crippen MR) is 75.2 cm³/mol. The van der Waals surface area contributed by atoms with Crippen molar-refractivity contribution in [1.29, 1.82) is 0 Å².